The average Bonchev–Trinajstić information content (AvgIpc) is 3.09. The molecule has 0 radical (unpaired) electrons. The third-order valence-electron chi connectivity index (χ3n) is 3.85. The van der Waals surface area contributed by atoms with Gasteiger partial charge in [0.2, 0.25) is 0 Å². The maximum absolute atomic E-state index is 12.0. The summed E-state index contributed by atoms with van der Waals surface area (Å²) in [6, 6.07) is 7.77. The highest BCUT2D eigenvalue weighted by Gasteiger charge is 2.20. The van der Waals surface area contributed by atoms with Crippen LogP contribution in [0.1, 0.15) is 25.0 Å². The van der Waals surface area contributed by atoms with Gasteiger partial charge in [0.05, 0.1) is 18.7 Å². The van der Waals surface area contributed by atoms with Gasteiger partial charge >= 0.3 is 5.97 Å². The van der Waals surface area contributed by atoms with E-state index in [9.17, 15) is 4.79 Å². The Morgan fingerprint density at radius 1 is 1.30 bits per heavy atom. The van der Waals surface area contributed by atoms with Crippen LogP contribution in [0.3, 0.4) is 0 Å². The summed E-state index contributed by atoms with van der Waals surface area (Å²) in [5.41, 5.74) is 1.83. The Kier molecular flexibility index (Phi) is 5.08. The maximum Gasteiger partial charge on any atom is 0.309 e. The molecule has 23 heavy (non-hydrogen) atoms. The summed E-state index contributed by atoms with van der Waals surface area (Å²) in [6.45, 7) is 0.242. The van der Waals surface area contributed by atoms with E-state index < -0.39 is 0 Å². The Labute approximate surface area is 139 Å². The second-order valence-corrected chi connectivity index (χ2v) is 6.32. The highest BCUT2D eigenvalue weighted by Crippen LogP contribution is 2.26. The van der Waals surface area contributed by atoms with E-state index in [2.05, 4.69) is 17.1 Å². The van der Waals surface area contributed by atoms with Crippen molar-refractivity contribution in [1.29, 1.82) is 0 Å². The van der Waals surface area contributed by atoms with E-state index >= 15 is 0 Å². The van der Waals surface area contributed by atoms with Crippen LogP contribution >= 0.6 is 11.3 Å². The van der Waals surface area contributed by atoms with Crippen LogP contribution in [-0.2, 0) is 16.1 Å². The molecule has 0 unspecified atom stereocenters. The summed E-state index contributed by atoms with van der Waals surface area (Å²) < 4.78 is 10.6. The number of thiazole rings is 1. The van der Waals surface area contributed by atoms with E-state index in [0.29, 0.717) is 0 Å². The molecule has 120 valence electrons. The molecule has 0 N–H and O–H groups in total. The standard InChI is InChI=1S/C18H19NO3S/c1-21-16-9-7-13(8-10-16)17-19-15(12-23-17)11-22-18(20)14-5-3-2-4-6-14/h2-3,7-10,12,14H,4-6,11H2,1H3/t14-/m0/s1. The van der Waals surface area contributed by atoms with Crippen LogP contribution in [0.4, 0.5) is 0 Å². The molecular formula is C18H19NO3S. The summed E-state index contributed by atoms with van der Waals surface area (Å²) >= 11 is 1.55. The molecule has 1 atom stereocenters. The van der Waals surface area contributed by atoms with E-state index in [0.717, 1.165) is 41.3 Å². The van der Waals surface area contributed by atoms with Crippen LogP contribution in [-0.4, -0.2) is 18.1 Å². The van der Waals surface area contributed by atoms with Gasteiger partial charge in [-0.2, -0.15) is 0 Å². The molecule has 0 bridgehead atoms. The second-order valence-electron chi connectivity index (χ2n) is 5.46. The summed E-state index contributed by atoms with van der Waals surface area (Å²) in [4.78, 5) is 16.6. The van der Waals surface area contributed by atoms with Crippen LogP contribution in [0.2, 0.25) is 0 Å². The number of hydrogen-bond donors (Lipinski definition) is 0. The first kappa shape index (κ1) is 15.7. The van der Waals surface area contributed by atoms with Gasteiger partial charge in [0.1, 0.15) is 17.4 Å². The molecule has 4 nitrogen and oxygen atoms in total. The van der Waals surface area contributed by atoms with Gasteiger partial charge in [-0.15, -0.1) is 11.3 Å². The Balaban J connectivity index is 1.58. The van der Waals surface area contributed by atoms with Gasteiger partial charge in [-0.1, -0.05) is 12.2 Å². The lowest BCUT2D eigenvalue weighted by molar-refractivity contribution is -0.150. The summed E-state index contributed by atoms with van der Waals surface area (Å²) in [7, 11) is 1.65. The van der Waals surface area contributed by atoms with Crippen molar-refractivity contribution in [3.63, 3.8) is 0 Å². The number of carbonyl (C=O) groups is 1. The number of benzene rings is 1. The third kappa shape index (κ3) is 3.99. The van der Waals surface area contributed by atoms with Crippen molar-refractivity contribution in [1.82, 2.24) is 4.98 Å². The minimum Gasteiger partial charge on any atom is -0.497 e. The zero-order chi connectivity index (χ0) is 16.1. The van der Waals surface area contributed by atoms with E-state index in [1.165, 1.54) is 0 Å². The van der Waals surface area contributed by atoms with Gasteiger partial charge in [0.25, 0.3) is 0 Å². The van der Waals surface area contributed by atoms with Crippen molar-refractivity contribution in [2.75, 3.05) is 7.11 Å². The topological polar surface area (TPSA) is 48.4 Å². The number of methoxy groups -OCH3 is 1. The zero-order valence-corrected chi connectivity index (χ0v) is 13.8. The van der Waals surface area contributed by atoms with Crippen molar-refractivity contribution in [2.45, 2.75) is 25.9 Å². The maximum atomic E-state index is 12.0. The van der Waals surface area contributed by atoms with Gasteiger partial charge < -0.3 is 9.47 Å². The van der Waals surface area contributed by atoms with Crippen LogP contribution in [0.25, 0.3) is 10.6 Å². The highest BCUT2D eigenvalue weighted by atomic mass is 32.1. The number of ether oxygens (including phenoxy) is 2. The van der Waals surface area contributed by atoms with Crippen molar-refractivity contribution < 1.29 is 14.3 Å². The van der Waals surface area contributed by atoms with Gasteiger partial charge in [0, 0.05) is 10.9 Å². The molecule has 1 aliphatic rings. The summed E-state index contributed by atoms with van der Waals surface area (Å²) in [5, 5.41) is 2.85. The molecule has 3 rings (SSSR count). The minimum absolute atomic E-state index is 0.000283. The van der Waals surface area contributed by atoms with Crippen LogP contribution < -0.4 is 4.74 Å². The van der Waals surface area contributed by atoms with Crippen molar-refractivity contribution >= 4 is 17.3 Å². The predicted molar refractivity (Wildman–Crippen MR) is 90.4 cm³/mol. The van der Waals surface area contributed by atoms with E-state index in [1.54, 1.807) is 18.4 Å². The molecule has 1 aliphatic carbocycles. The highest BCUT2D eigenvalue weighted by molar-refractivity contribution is 7.13. The lowest BCUT2D eigenvalue weighted by atomic mass is 9.95. The van der Waals surface area contributed by atoms with Crippen LogP contribution in [0, 0.1) is 5.92 Å². The first-order chi connectivity index (χ1) is 11.3. The second kappa shape index (κ2) is 7.42. The van der Waals surface area contributed by atoms with Crippen LogP contribution in [0.5, 0.6) is 5.75 Å². The molecule has 0 aliphatic heterocycles. The van der Waals surface area contributed by atoms with E-state index in [1.807, 2.05) is 29.6 Å². The minimum atomic E-state index is -0.117. The van der Waals surface area contributed by atoms with Gasteiger partial charge in [-0.25, -0.2) is 4.98 Å². The van der Waals surface area contributed by atoms with Gasteiger partial charge in [-0.05, 0) is 43.5 Å². The molecule has 1 aromatic heterocycles. The van der Waals surface area contributed by atoms with Crippen molar-refractivity contribution in [3.05, 3.63) is 47.5 Å². The number of esters is 1. The molecule has 5 heteroatoms. The van der Waals surface area contributed by atoms with E-state index in [-0.39, 0.29) is 18.5 Å². The molecule has 0 amide bonds. The summed E-state index contributed by atoms with van der Waals surface area (Å²) in [6.07, 6.45) is 6.79. The quantitative estimate of drug-likeness (QED) is 0.609. The zero-order valence-electron chi connectivity index (χ0n) is 13.0. The van der Waals surface area contributed by atoms with Gasteiger partial charge in [-0.3, -0.25) is 4.79 Å². The first-order valence-corrected chi connectivity index (χ1v) is 8.54. The number of hydrogen-bond acceptors (Lipinski definition) is 5. The molecule has 1 aromatic carbocycles. The number of rotatable bonds is 5. The Morgan fingerprint density at radius 3 is 2.83 bits per heavy atom. The fourth-order valence-electron chi connectivity index (χ4n) is 2.51. The van der Waals surface area contributed by atoms with Crippen molar-refractivity contribution in [3.8, 4) is 16.3 Å². The Morgan fingerprint density at radius 2 is 2.13 bits per heavy atom. The molecule has 1 heterocycles. The monoisotopic (exact) mass is 329 g/mol. The van der Waals surface area contributed by atoms with Gasteiger partial charge in [0.15, 0.2) is 0 Å². The third-order valence-corrected chi connectivity index (χ3v) is 4.79. The summed E-state index contributed by atoms with van der Waals surface area (Å²) in [5.74, 6) is 0.703. The molecule has 0 spiro atoms. The van der Waals surface area contributed by atoms with Crippen molar-refractivity contribution in [2.24, 2.45) is 5.92 Å². The number of aromatic nitrogens is 1. The Hall–Kier alpha value is -2.14. The lowest BCUT2D eigenvalue weighted by Crippen LogP contribution is -2.18. The van der Waals surface area contributed by atoms with Crippen LogP contribution in [0.15, 0.2) is 41.8 Å². The molecular weight excluding hydrogens is 310 g/mol. The fraction of sp³-hybridized carbons (Fsp3) is 0.333. The smallest absolute Gasteiger partial charge is 0.309 e. The fourth-order valence-corrected chi connectivity index (χ4v) is 3.32. The van der Waals surface area contributed by atoms with E-state index in [4.69, 9.17) is 9.47 Å². The molecule has 2 aromatic rings. The largest absolute Gasteiger partial charge is 0.497 e. The first-order valence-electron chi connectivity index (χ1n) is 7.66. The molecule has 0 saturated carbocycles. The predicted octanol–water partition coefficient (Wildman–Crippen LogP) is 4.22. The normalized spacial score (nSPS) is 17.0. The number of nitrogens with zero attached hydrogens (tertiary/aromatic N) is 1. The lowest BCUT2D eigenvalue weighted by Gasteiger charge is -2.15. The Bertz CT molecular complexity index is 691. The average molecular weight is 329 g/mol. The molecule has 0 saturated heterocycles. The SMILES string of the molecule is COc1ccc(-c2nc(COC(=O)[C@H]3CC=CCC3)cs2)cc1. The molecule has 0 fully saturated rings. The number of allylic oxidation sites excluding steroid dienone is 2. The number of carbonyl (C=O) groups excluding carboxylic acids is 1.